The lowest BCUT2D eigenvalue weighted by Crippen LogP contribution is -2.25. The minimum atomic E-state index is -3.45. The average Bonchev–Trinajstić information content (AvgIpc) is 3.21. The summed E-state index contributed by atoms with van der Waals surface area (Å²) < 4.78 is 26.8. The predicted molar refractivity (Wildman–Crippen MR) is 74.3 cm³/mol. The first-order valence-electron chi connectivity index (χ1n) is 6.79. The van der Waals surface area contributed by atoms with Gasteiger partial charge in [-0.3, -0.25) is 0 Å². The molecule has 0 radical (unpaired) electrons. The summed E-state index contributed by atoms with van der Waals surface area (Å²) in [6.45, 7) is 2.35. The molecule has 1 saturated carbocycles. The summed E-state index contributed by atoms with van der Waals surface area (Å²) in [5.74, 6) is 0.707. The van der Waals surface area contributed by atoms with Crippen LogP contribution in [0, 0.1) is 5.92 Å². The Hall–Kier alpha value is -0.910. The number of hydrogen-bond donors (Lipinski definition) is 2. The van der Waals surface area contributed by atoms with Crippen molar-refractivity contribution in [3.8, 4) is 0 Å². The number of sulfonamides is 1. The Balaban J connectivity index is 2.09. The van der Waals surface area contributed by atoms with Crippen LogP contribution >= 0.6 is 0 Å². The van der Waals surface area contributed by atoms with E-state index in [9.17, 15) is 13.5 Å². The van der Waals surface area contributed by atoms with Crippen LogP contribution in [-0.2, 0) is 23.1 Å². The fraction of sp³-hybridized carbons (Fsp3) is 0.571. The van der Waals surface area contributed by atoms with Gasteiger partial charge in [-0.1, -0.05) is 25.8 Å². The maximum atomic E-state index is 12.1. The van der Waals surface area contributed by atoms with Gasteiger partial charge in [-0.05, 0) is 42.0 Å². The molecule has 106 valence electrons. The molecule has 1 aliphatic rings. The topological polar surface area (TPSA) is 66.4 Å². The highest BCUT2D eigenvalue weighted by molar-refractivity contribution is 7.89. The molecule has 1 aliphatic carbocycles. The average molecular weight is 283 g/mol. The van der Waals surface area contributed by atoms with E-state index in [1.165, 1.54) is 12.8 Å². The number of aryl methyl sites for hydroxylation is 1. The third-order valence-corrected chi connectivity index (χ3v) is 5.04. The molecule has 0 atom stereocenters. The van der Waals surface area contributed by atoms with Crippen molar-refractivity contribution >= 4 is 10.0 Å². The number of nitrogens with one attached hydrogen (secondary N) is 1. The Labute approximate surface area is 114 Å². The van der Waals surface area contributed by atoms with Crippen molar-refractivity contribution in [1.29, 1.82) is 0 Å². The lowest BCUT2D eigenvalue weighted by molar-refractivity contribution is 0.280. The van der Waals surface area contributed by atoms with Gasteiger partial charge < -0.3 is 5.11 Å². The van der Waals surface area contributed by atoms with Crippen molar-refractivity contribution in [3.63, 3.8) is 0 Å². The highest BCUT2D eigenvalue weighted by atomic mass is 32.2. The summed E-state index contributed by atoms with van der Waals surface area (Å²) in [6, 6.07) is 4.96. The van der Waals surface area contributed by atoms with Gasteiger partial charge in [-0.2, -0.15) is 0 Å². The zero-order chi connectivity index (χ0) is 13.9. The number of aliphatic hydroxyl groups excluding tert-OH is 1. The minimum absolute atomic E-state index is 0.130. The summed E-state index contributed by atoms with van der Waals surface area (Å²) >= 11 is 0. The first-order chi connectivity index (χ1) is 9.06. The first kappa shape index (κ1) is 14.5. The largest absolute Gasteiger partial charge is 0.392 e. The minimum Gasteiger partial charge on any atom is -0.392 e. The zero-order valence-corrected chi connectivity index (χ0v) is 12.0. The summed E-state index contributed by atoms with van der Waals surface area (Å²) in [5.41, 5.74) is 1.67. The van der Waals surface area contributed by atoms with Gasteiger partial charge in [0.15, 0.2) is 0 Å². The summed E-state index contributed by atoms with van der Waals surface area (Å²) in [5, 5.41) is 9.28. The molecule has 0 heterocycles. The van der Waals surface area contributed by atoms with E-state index in [0.717, 1.165) is 18.4 Å². The van der Waals surface area contributed by atoms with Crippen LogP contribution in [-0.4, -0.2) is 20.1 Å². The SMILES string of the molecule is CCc1ccc(S(=O)(=O)NCCC2CC2)cc1CO. The van der Waals surface area contributed by atoms with Gasteiger partial charge in [-0.25, -0.2) is 13.1 Å². The van der Waals surface area contributed by atoms with Crippen LogP contribution in [0.25, 0.3) is 0 Å². The molecule has 1 aromatic rings. The van der Waals surface area contributed by atoms with Crippen molar-refractivity contribution in [1.82, 2.24) is 4.72 Å². The maximum absolute atomic E-state index is 12.1. The van der Waals surface area contributed by atoms with E-state index in [1.54, 1.807) is 18.2 Å². The maximum Gasteiger partial charge on any atom is 0.240 e. The van der Waals surface area contributed by atoms with Crippen molar-refractivity contribution in [2.75, 3.05) is 6.54 Å². The van der Waals surface area contributed by atoms with Crippen LogP contribution < -0.4 is 4.72 Å². The summed E-state index contributed by atoms with van der Waals surface area (Å²) in [4.78, 5) is 0.240. The second kappa shape index (κ2) is 6.03. The van der Waals surface area contributed by atoms with Gasteiger partial charge in [-0.15, -0.1) is 0 Å². The molecule has 2 rings (SSSR count). The van der Waals surface area contributed by atoms with Gasteiger partial charge in [0.25, 0.3) is 0 Å². The van der Waals surface area contributed by atoms with Gasteiger partial charge >= 0.3 is 0 Å². The molecule has 0 spiro atoms. The van der Waals surface area contributed by atoms with Crippen molar-refractivity contribution in [2.24, 2.45) is 5.92 Å². The van der Waals surface area contributed by atoms with Crippen LogP contribution in [0.5, 0.6) is 0 Å². The van der Waals surface area contributed by atoms with E-state index in [4.69, 9.17) is 0 Å². The second-order valence-corrected chi connectivity index (χ2v) is 6.84. The fourth-order valence-electron chi connectivity index (χ4n) is 2.15. The molecule has 0 bridgehead atoms. The van der Waals surface area contributed by atoms with Crippen LogP contribution in [0.2, 0.25) is 0 Å². The van der Waals surface area contributed by atoms with E-state index in [1.807, 2.05) is 6.92 Å². The van der Waals surface area contributed by atoms with Gasteiger partial charge in [0.05, 0.1) is 11.5 Å². The molecule has 5 heteroatoms. The Morgan fingerprint density at radius 1 is 1.32 bits per heavy atom. The highest BCUT2D eigenvalue weighted by Gasteiger charge is 2.22. The van der Waals surface area contributed by atoms with Crippen molar-refractivity contribution in [2.45, 2.75) is 44.1 Å². The monoisotopic (exact) mass is 283 g/mol. The van der Waals surface area contributed by atoms with Crippen molar-refractivity contribution < 1.29 is 13.5 Å². The van der Waals surface area contributed by atoms with E-state index >= 15 is 0 Å². The standard InChI is InChI=1S/C14H21NO3S/c1-2-12-5-6-14(9-13(12)10-16)19(17,18)15-8-7-11-3-4-11/h5-6,9,11,15-16H,2-4,7-8,10H2,1H3. The third kappa shape index (κ3) is 3.78. The van der Waals surface area contributed by atoms with Gasteiger partial charge in [0.2, 0.25) is 10.0 Å². The molecule has 0 aromatic heterocycles. The number of hydrogen-bond acceptors (Lipinski definition) is 3. The Bertz CT molecular complexity index is 536. The number of benzene rings is 1. The normalized spacial score (nSPS) is 15.7. The van der Waals surface area contributed by atoms with Crippen molar-refractivity contribution in [3.05, 3.63) is 29.3 Å². The van der Waals surface area contributed by atoms with E-state index in [-0.39, 0.29) is 11.5 Å². The van der Waals surface area contributed by atoms with Crippen LogP contribution in [0.1, 0.15) is 37.3 Å². The molecule has 0 unspecified atom stereocenters. The quantitative estimate of drug-likeness (QED) is 0.802. The molecule has 1 aromatic carbocycles. The van der Waals surface area contributed by atoms with Crippen LogP contribution in [0.4, 0.5) is 0 Å². The van der Waals surface area contributed by atoms with Crippen LogP contribution in [0.3, 0.4) is 0 Å². The molecule has 2 N–H and O–H groups in total. The van der Waals surface area contributed by atoms with E-state index in [0.29, 0.717) is 18.0 Å². The number of rotatable bonds is 7. The lowest BCUT2D eigenvalue weighted by Gasteiger charge is -2.10. The Morgan fingerprint density at radius 2 is 2.05 bits per heavy atom. The van der Waals surface area contributed by atoms with Crippen LogP contribution in [0.15, 0.2) is 23.1 Å². The molecule has 19 heavy (non-hydrogen) atoms. The summed E-state index contributed by atoms with van der Waals surface area (Å²) in [6.07, 6.45) is 4.15. The molecular formula is C14H21NO3S. The molecule has 0 saturated heterocycles. The fourth-order valence-corrected chi connectivity index (χ4v) is 3.25. The van der Waals surface area contributed by atoms with E-state index in [2.05, 4.69) is 4.72 Å². The predicted octanol–water partition coefficient (Wildman–Crippen LogP) is 1.82. The lowest BCUT2D eigenvalue weighted by atomic mass is 10.1. The van der Waals surface area contributed by atoms with E-state index < -0.39 is 10.0 Å². The van der Waals surface area contributed by atoms with Gasteiger partial charge in [0, 0.05) is 6.54 Å². The zero-order valence-electron chi connectivity index (χ0n) is 11.2. The van der Waals surface area contributed by atoms with Gasteiger partial charge in [0.1, 0.15) is 0 Å². The Kier molecular flexibility index (Phi) is 4.60. The Morgan fingerprint density at radius 3 is 2.63 bits per heavy atom. The summed E-state index contributed by atoms with van der Waals surface area (Å²) in [7, 11) is -3.45. The molecule has 0 aliphatic heterocycles. The third-order valence-electron chi connectivity index (χ3n) is 3.58. The molecular weight excluding hydrogens is 262 g/mol. The first-order valence-corrected chi connectivity index (χ1v) is 8.27. The highest BCUT2D eigenvalue weighted by Crippen LogP contribution is 2.31. The molecule has 4 nitrogen and oxygen atoms in total. The molecule has 0 amide bonds. The molecule has 1 fully saturated rings. The number of aliphatic hydroxyl groups is 1. The second-order valence-electron chi connectivity index (χ2n) is 5.07. The smallest absolute Gasteiger partial charge is 0.240 e.